The van der Waals surface area contributed by atoms with E-state index in [1.807, 2.05) is 24.7 Å². The molecule has 0 atom stereocenters. The monoisotopic (exact) mass is 387 g/mol. The zero-order valence-electron chi connectivity index (χ0n) is 16.4. The van der Waals surface area contributed by atoms with Gasteiger partial charge in [0.1, 0.15) is 5.82 Å². The maximum absolute atomic E-state index is 12.0. The minimum Gasteiger partial charge on any atom is -0.314 e. The van der Waals surface area contributed by atoms with E-state index in [4.69, 9.17) is 0 Å². The molecule has 0 unspecified atom stereocenters. The summed E-state index contributed by atoms with van der Waals surface area (Å²) in [5.41, 5.74) is 3.47. The van der Waals surface area contributed by atoms with Crippen LogP contribution in [0.4, 0.5) is 5.82 Å². The summed E-state index contributed by atoms with van der Waals surface area (Å²) in [6.45, 7) is 5.17. The van der Waals surface area contributed by atoms with Crippen molar-refractivity contribution < 1.29 is 4.79 Å². The molecule has 1 aliphatic heterocycles. The molecular weight excluding hydrogens is 362 g/mol. The molecule has 0 spiro atoms. The number of carbonyl (C=O) groups excluding carboxylic acids is 1. The number of hydrogen-bond donors (Lipinski definition) is 2. The van der Waals surface area contributed by atoms with Crippen LogP contribution < -0.4 is 10.6 Å². The Morgan fingerprint density at radius 3 is 2.72 bits per heavy atom. The number of nitrogens with one attached hydrogen (secondary N) is 2. The molecule has 6 nitrogen and oxygen atoms in total. The van der Waals surface area contributed by atoms with E-state index in [1.54, 1.807) is 0 Å². The Morgan fingerprint density at radius 1 is 1.03 bits per heavy atom. The molecule has 29 heavy (non-hydrogen) atoms. The molecule has 1 saturated heterocycles. The van der Waals surface area contributed by atoms with Crippen LogP contribution in [0, 0.1) is 5.92 Å². The first kappa shape index (κ1) is 18.2. The maximum Gasteiger partial charge on any atom is 0.228 e. The second-order valence-electron chi connectivity index (χ2n) is 8.00. The number of anilines is 1. The summed E-state index contributed by atoms with van der Waals surface area (Å²) < 4.78 is 0. The molecule has 6 heteroatoms. The van der Waals surface area contributed by atoms with Gasteiger partial charge in [0.05, 0.1) is 0 Å². The van der Waals surface area contributed by atoms with Gasteiger partial charge in [-0.25, -0.2) is 4.98 Å². The average Bonchev–Trinajstić information content (AvgIpc) is 3.60. The fraction of sp³-hybridized carbons (Fsp3) is 0.348. The predicted molar refractivity (Wildman–Crippen MR) is 114 cm³/mol. The van der Waals surface area contributed by atoms with Gasteiger partial charge in [-0.1, -0.05) is 12.1 Å². The summed E-state index contributed by atoms with van der Waals surface area (Å²) in [5.74, 6) is 0.873. The van der Waals surface area contributed by atoms with E-state index in [-0.39, 0.29) is 11.8 Å². The highest BCUT2D eigenvalue weighted by Crippen LogP contribution is 2.31. The molecule has 3 heterocycles. The average molecular weight is 387 g/mol. The Hall–Kier alpha value is -2.83. The van der Waals surface area contributed by atoms with Gasteiger partial charge in [0.2, 0.25) is 5.91 Å². The smallest absolute Gasteiger partial charge is 0.228 e. The molecule has 0 radical (unpaired) electrons. The van der Waals surface area contributed by atoms with Gasteiger partial charge in [-0.2, -0.15) is 0 Å². The molecule has 2 fully saturated rings. The van der Waals surface area contributed by atoms with E-state index >= 15 is 0 Å². The van der Waals surface area contributed by atoms with Crippen molar-refractivity contribution in [1.82, 2.24) is 20.2 Å². The summed E-state index contributed by atoms with van der Waals surface area (Å²) in [6, 6.07) is 10.5. The summed E-state index contributed by atoms with van der Waals surface area (Å²) in [4.78, 5) is 23.4. The van der Waals surface area contributed by atoms with Crippen molar-refractivity contribution in [1.29, 1.82) is 0 Å². The topological polar surface area (TPSA) is 70.2 Å². The third-order valence-corrected chi connectivity index (χ3v) is 5.67. The lowest BCUT2D eigenvalue weighted by Crippen LogP contribution is -2.42. The van der Waals surface area contributed by atoms with E-state index in [2.05, 4.69) is 49.8 Å². The minimum atomic E-state index is 0.0813. The third kappa shape index (κ3) is 4.28. The highest BCUT2D eigenvalue weighted by Gasteiger charge is 2.29. The molecule has 1 aliphatic carbocycles. The van der Waals surface area contributed by atoms with Gasteiger partial charge in [-0.15, -0.1) is 0 Å². The number of carbonyl (C=O) groups is 1. The van der Waals surface area contributed by atoms with Gasteiger partial charge in [-0.3, -0.25) is 14.7 Å². The summed E-state index contributed by atoms with van der Waals surface area (Å²) in [6.07, 6.45) is 7.67. The Kier molecular flexibility index (Phi) is 4.96. The molecule has 2 N–H and O–H groups in total. The number of hydrogen-bond acceptors (Lipinski definition) is 5. The molecule has 0 bridgehead atoms. The predicted octanol–water partition coefficient (Wildman–Crippen LogP) is 3.05. The minimum absolute atomic E-state index is 0.0813. The highest BCUT2D eigenvalue weighted by molar-refractivity contribution is 5.96. The SMILES string of the molecule is O=C(Nc1cc2cc(-c3cncc(CN4CCNCC4)c3)ccc2cn1)C1CC1. The third-order valence-electron chi connectivity index (χ3n) is 5.67. The second-order valence-corrected chi connectivity index (χ2v) is 8.00. The second kappa shape index (κ2) is 7.89. The van der Waals surface area contributed by atoms with E-state index < -0.39 is 0 Å². The van der Waals surface area contributed by atoms with Gasteiger partial charge in [-0.05, 0) is 47.6 Å². The van der Waals surface area contributed by atoms with Gasteiger partial charge >= 0.3 is 0 Å². The number of benzene rings is 1. The van der Waals surface area contributed by atoms with Crippen LogP contribution in [-0.2, 0) is 11.3 Å². The van der Waals surface area contributed by atoms with Gasteiger partial charge in [0.15, 0.2) is 0 Å². The van der Waals surface area contributed by atoms with Crippen LogP contribution in [0.5, 0.6) is 0 Å². The standard InChI is InChI=1S/C23H25N5O/c29-23(17-1-2-17)27-22-11-20-10-18(3-4-19(20)14-26-22)21-9-16(12-25-13-21)15-28-7-5-24-6-8-28/h3-4,9-14,17,24H,1-2,5-8,15H2,(H,26,27,29). The lowest BCUT2D eigenvalue weighted by atomic mass is 10.0. The van der Waals surface area contributed by atoms with Crippen molar-refractivity contribution in [3.05, 3.63) is 54.5 Å². The van der Waals surface area contributed by atoms with Crippen molar-refractivity contribution in [3.63, 3.8) is 0 Å². The molecule has 1 amide bonds. The van der Waals surface area contributed by atoms with Crippen molar-refractivity contribution in [2.75, 3.05) is 31.5 Å². The molecule has 148 valence electrons. The molecule has 2 aliphatic rings. The molecule has 1 aromatic carbocycles. The molecule has 2 aromatic heterocycles. The summed E-state index contributed by atoms with van der Waals surface area (Å²) in [7, 11) is 0. The Balaban J connectivity index is 1.38. The number of amides is 1. The molecule has 3 aromatic rings. The lowest BCUT2D eigenvalue weighted by molar-refractivity contribution is -0.117. The van der Waals surface area contributed by atoms with Crippen LogP contribution in [0.3, 0.4) is 0 Å². The first-order valence-corrected chi connectivity index (χ1v) is 10.3. The molecule has 1 saturated carbocycles. The number of piperazine rings is 1. The number of fused-ring (bicyclic) bond motifs is 1. The zero-order chi connectivity index (χ0) is 19.6. The zero-order valence-corrected chi connectivity index (χ0v) is 16.4. The lowest BCUT2D eigenvalue weighted by Gasteiger charge is -2.27. The number of nitrogens with zero attached hydrogens (tertiary/aromatic N) is 3. The van der Waals surface area contributed by atoms with E-state index in [0.29, 0.717) is 5.82 Å². The van der Waals surface area contributed by atoms with E-state index in [9.17, 15) is 4.79 Å². The van der Waals surface area contributed by atoms with Crippen molar-refractivity contribution in [3.8, 4) is 11.1 Å². The fourth-order valence-corrected chi connectivity index (χ4v) is 3.82. The quantitative estimate of drug-likeness (QED) is 0.704. The van der Waals surface area contributed by atoms with Crippen LogP contribution in [0.15, 0.2) is 48.9 Å². The Morgan fingerprint density at radius 2 is 1.90 bits per heavy atom. The molecular formula is C23H25N5O. The molecule has 5 rings (SSSR count). The number of pyridine rings is 2. The van der Waals surface area contributed by atoms with Gasteiger partial charge in [0, 0.05) is 68.2 Å². The first-order chi connectivity index (χ1) is 14.2. The normalized spacial score (nSPS) is 17.4. The van der Waals surface area contributed by atoms with Crippen molar-refractivity contribution >= 4 is 22.5 Å². The largest absolute Gasteiger partial charge is 0.314 e. The van der Waals surface area contributed by atoms with Crippen molar-refractivity contribution in [2.24, 2.45) is 5.92 Å². The van der Waals surface area contributed by atoms with Crippen LogP contribution in [0.1, 0.15) is 18.4 Å². The number of aromatic nitrogens is 2. The first-order valence-electron chi connectivity index (χ1n) is 10.3. The van der Waals surface area contributed by atoms with Crippen LogP contribution in [-0.4, -0.2) is 47.0 Å². The van der Waals surface area contributed by atoms with Crippen LogP contribution in [0.25, 0.3) is 21.9 Å². The maximum atomic E-state index is 12.0. The number of rotatable bonds is 5. The van der Waals surface area contributed by atoms with Gasteiger partial charge in [0.25, 0.3) is 0 Å². The van der Waals surface area contributed by atoms with Crippen LogP contribution in [0.2, 0.25) is 0 Å². The van der Waals surface area contributed by atoms with E-state index in [1.165, 1.54) is 5.56 Å². The van der Waals surface area contributed by atoms with Gasteiger partial charge < -0.3 is 10.6 Å². The summed E-state index contributed by atoms with van der Waals surface area (Å²) in [5, 5.41) is 8.45. The highest BCUT2D eigenvalue weighted by atomic mass is 16.2. The fourth-order valence-electron chi connectivity index (χ4n) is 3.82. The van der Waals surface area contributed by atoms with E-state index in [0.717, 1.165) is 67.5 Å². The van der Waals surface area contributed by atoms with Crippen LogP contribution >= 0.6 is 0 Å². The summed E-state index contributed by atoms with van der Waals surface area (Å²) >= 11 is 0. The van der Waals surface area contributed by atoms with Crippen molar-refractivity contribution in [2.45, 2.75) is 19.4 Å². The Bertz CT molecular complexity index is 1040. The Labute approximate surface area is 170 Å².